The monoisotopic (exact) mass is 294 g/mol. The van der Waals surface area contributed by atoms with Gasteiger partial charge < -0.3 is 9.47 Å². The molecule has 112 valence electrons. The minimum absolute atomic E-state index is 0.0201. The summed E-state index contributed by atoms with van der Waals surface area (Å²) in [5, 5.41) is 22.2. The van der Waals surface area contributed by atoms with Crippen LogP contribution in [0.2, 0.25) is 0 Å². The third-order valence-electron chi connectivity index (χ3n) is 2.89. The van der Waals surface area contributed by atoms with Crippen LogP contribution in [0.25, 0.3) is 6.08 Å². The summed E-state index contributed by atoms with van der Waals surface area (Å²) in [6, 6.07) is 2.62. The Balaban J connectivity index is 2.50. The van der Waals surface area contributed by atoms with E-state index in [0.717, 1.165) is 0 Å². The first-order valence-corrected chi connectivity index (χ1v) is 6.31. The summed E-state index contributed by atoms with van der Waals surface area (Å²) in [7, 11) is 0. The highest BCUT2D eigenvalue weighted by Gasteiger charge is 2.24. The molecule has 1 aliphatic rings. The second kappa shape index (κ2) is 5.78. The number of nitro groups is 2. The lowest BCUT2D eigenvalue weighted by molar-refractivity contribution is -0.427. The Morgan fingerprint density at radius 1 is 1.29 bits per heavy atom. The zero-order valence-electron chi connectivity index (χ0n) is 11.6. The van der Waals surface area contributed by atoms with Crippen LogP contribution < -0.4 is 9.47 Å². The normalized spacial score (nSPS) is 13.6. The number of nitro benzene ring substituents is 1. The fourth-order valence-electron chi connectivity index (χ4n) is 2.00. The van der Waals surface area contributed by atoms with Gasteiger partial charge in [-0.3, -0.25) is 20.2 Å². The van der Waals surface area contributed by atoms with Crippen LogP contribution in [-0.4, -0.2) is 16.6 Å². The van der Waals surface area contributed by atoms with Gasteiger partial charge in [-0.1, -0.05) is 13.8 Å². The Bertz CT molecular complexity index is 623. The van der Waals surface area contributed by atoms with Crippen molar-refractivity contribution < 1.29 is 19.3 Å². The smallest absolute Gasteiger partial charge is 0.280 e. The number of nitrogens with zero attached hydrogens (tertiary/aromatic N) is 2. The van der Waals surface area contributed by atoms with E-state index in [1.54, 1.807) is 0 Å². The Kier molecular flexibility index (Phi) is 4.06. The van der Waals surface area contributed by atoms with E-state index < -0.39 is 9.85 Å². The lowest BCUT2D eigenvalue weighted by Crippen LogP contribution is -2.03. The first-order chi connectivity index (χ1) is 9.88. The highest BCUT2D eigenvalue weighted by Crippen LogP contribution is 2.39. The van der Waals surface area contributed by atoms with E-state index >= 15 is 0 Å². The summed E-state index contributed by atoms with van der Waals surface area (Å²) in [6.07, 6.45) is 1.44. The topological polar surface area (TPSA) is 105 Å². The molecular weight excluding hydrogens is 280 g/mol. The van der Waals surface area contributed by atoms with Gasteiger partial charge in [0, 0.05) is 12.5 Å². The maximum Gasteiger partial charge on any atom is 0.280 e. The van der Waals surface area contributed by atoms with E-state index in [9.17, 15) is 20.2 Å². The molecule has 0 bridgehead atoms. The molecule has 1 aliphatic heterocycles. The largest absolute Gasteiger partial charge is 0.454 e. The van der Waals surface area contributed by atoms with Crippen LogP contribution in [0, 0.1) is 26.1 Å². The molecule has 0 atom stereocenters. The number of benzene rings is 1. The molecule has 0 fully saturated rings. The van der Waals surface area contributed by atoms with E-state index in [-0.39, 0.29) is 41.8 Å². The van der Waals surface area contributed by atoms with Crippen LogP contribution >= 0.6 is 0 Å². The molecule has 1 heterocycles. The van der Waals surface area contributed by atoms with Crippen molar-refractivity contribution in [3.05, 3.63) is 43.6 Å². The van der Waals surface area contributed by atoms with E-state index in [1.165, 1.54) is 18.2 Å². The van der Waals surface area contributed by atoms with Gasteiger partial charge in [-0.2, -0.15) is 0 Å². The highest BCUT2D eigenvalue weighted by atomic mass is 16.7. The maximum atomic E-state index is 11.1. The van der Waals surface area contributed by atoms with Gasteiger partial charge in [0.05, 0.1) is 21.5 Å². The second-order valence-electron chi connectivity index (χ2n) is 5.01. The summed E-state index contributed by atoms with van der Waals surface area (Å²) < 4.78 is 10.2. The molecule has 0 unspecified atom stereocenters. The van der Waals surface area contributed by atoms with E-state index in [4.69, 9.17) is 9.47 Å². The summed E-state index contributed by atoms with van der Waals surface area (Å²) in [4.78, 5) is 21.1. The van der Waals surface area contributed by atoms with Gasteiger partial charge in [0.15, 0.2) is 11.5 Å². The first-order valence-electron chi connectivity index (χ1n) is 6.31. The van der Waals surface area contributed by atoms with Crippen LogP contribution in [0.4, 0.5) is 5.69 Å². The lowest BCUT2D eigenvalue weighted by Gasteiger charge is -2.04. The van der Waals surface area contributed by atoms with Crippen LogP contribution in [-0.2, 0) is 0 Å². The third-order valence-corrected chi connectivity index (χ3v) is 2.89. The van der Waals surface area contributed by atoms with Gasteiger partial charge in [0.25, 0.3) is 5.69 Å². The summed E-state index contributed by atoms with van der Waals surface area (Å²) >= 11 is 0. The van der Waals surface area contributed by atoms with E-state index in [1.807, 2.05) is 13.8 Å². The predicted molar refractivity (Wildman–Crippen MR) is 73.6 cm³/mol. The summed E-state index contributed by atoms with van der Waals surface area (Å²) in [6.45, 7) is 3.66. The zero-order valence-corrected chi connectivity index (χ0v) is 11.6. The van der Waals surface area contributed by atoms with Crippen molar-refractivity contribution in [2.24, 2.45) is 5.92 Å². The average molecular weight is 294 g/mol. The molecule has 21 heavy (non-hydrogen) atoms. The zero-order chi connectivity index (χ0) is 15.6. The molecule has 2 rings (SSSR count). The molecule has 0 N–H and O–H groups in total. The minimum Gasteiger partial charge on any atom is -0.454 e. The molecule has 0 saturated heterocycles. The Morgan fingerprint density at radius 3 is 2.43 bits per heavy atom. The molecule has 1 aromatic rings. The van der Waals surface area contributed by atoms with Crippen molar-refractivity contribution in [3.63, 3.8) is 0 Å². The number of hydrogen-bond acceptors (Lipinski definition) is 6. The fourth-order valence-corrected chi connectivity index (χ4v) is 2.00. The number of ether oxygens (including phenoxy) is 2. The van der Waals surface area contributed by atoms with Gasteiger partial charge in [-0.25, -0.2) is 0 Å². The van der Waals surface area contributed by atoms with Crippen LogP contribution in [0.15, 0.2) is 17.8 Å². The molecule has 0 spiro atoms. The van der Waals surface area contributed by atoms with Crippen LogP contribution in [0.3, 0.4) is 0 Å². The number of hydrogen-bond donors (Lipinski definition) is 0. The Hall–Kier alpha value is -2.64. The van der Waals surface area contributed by atoms with Gasteiger partial charge in [-0.05, 0) is 12.0 Å². The average Bonchev–Trinajstić information content (AvgIpc) is 2.83. The quantitative estimate of drug-likeness (QED) is 0.610. The first kappa shape index (κ1) is 14.8. The van der Waals surface area contributed by atoms with Gasteiger partial charge in [0.2, 0.25) is 12.5 Å². The van der Waals surface area contributed by atoms with Gasteiger partial charge in [0.1, 0.15) is 0 Å². The van der Waals surface area contributed by atoms with Crippen LogP contribution in [0.1, 0.15) is 25.8 Å². The molecule has 1 aromatic carbocycles. The predicted octanol–water partition coefficient (Wildman–Crippen LogP) is 2.99. The van der Waals surface area contributed by atoms with Gasteiger partial charge in [-0.15, -0.1) is 0 Å². The fraction of sp³-hybridized carbons (Fsp3) is 0.385. The Labute approximate surface area is 120 Å². The second-order valence-corrected chi connectivity index (χ2v) is 5.01. The summed E-state index contributed by atoms with van der Waals surface area (Å²) in [5.41, 5.74) is -0.189. The standard InChI is InChI=1S/C13H14N2O6/c1-8(2)3-10(14(16)17)4-9-5-12-13(21-7-20-12)6-11(9)15(18)19/h4-6,8H,3,7H2,1-2H3. The van der Waals surface area contributed by atoms with Crippen molar-refractivity contribution >= 4 is 11.8 Å². The highest BCUT2D eigenvalue weighted by molar-refractivity contribution is 5.67. The number of fused-ring (bicyclic) bond motifs is 1. The molecule has 0 aromatic heterocycles. The van der Waals surface area contributed by atoms with Crippen molar-refractivity contribution in [3.8, 4) is 11.5 Å². The number of allylic oxidation sites excluding steroid dienone is 1. The molecule has 0 radical (unpaired) electrons. The molecule has 0 aliphatic carbocycles. The SMILES string of the molecule is CC(C)CC(=Cc1cc2c(cc1[N+](=O)[O-])OCO2)[N+](=O)[O-]. The molecule has 8 nitrogen and oxygen atoms in total. The Morgan fingerprint density at radius 2 is 1.90 bits per heavy atom. The summed E-state index contributed by atoms with van der Waals surface area (Å²) in [5.74, 6) is 0.680. The molecule has 8 heteroatoms. The van der Waals surface area contributed by atoms with E-state index in [2.05, 4.69) is 0 Å². The van der Waals surface area contributed by atoms with Crippen molar-refractivity contribution in [2.45, 2.75) is 20.3 Å². The minimum atomic E-state index is -0.596. The van der Waals surface area contributed by atoms with Crippen molar-refractivity contribution in [1.82, 2.24) is 0 Å². The van der Waals surface area contributed by atoms with Crippen LogP contribution in [0.5, 0.6) is 11.5 Å². The molecular formula is C13H14N2O6. The number of rotatable bonds is 5. The van der Waals surface area contributed by atoms with Crippen molar-refractivity contribution in [2.75, 3.05) is 6.79 Å². The van der Waals surface area contributed by atoms with Crippen molar-refractivity contribution in [1.29, 1.82) is 0 Å². The third kappa shape index (κ3) is 3.28. The van der Waals surface area contributed by atoms with Gasteiger partial charge >= 0.3 is 0 Å². The molecule has 0 amide bonds. The lowest BCUT2D eigenvalue weighted by atomic mass is 10.0. The van der Waals surface area contributed by atoms with E-state index in [0.29, 0.717) is 5.75 Å². The maximum absolute atomic E-state index is 11.1. The molecule has 0 saturated carbocycles.